The lowest BCUT2D eigenvalue weighted by Gasteiger charge is -2.14. The number of amidine groups is 1. The van der Waals surface area contributed by atoms with Gasteiger partial charge in [-0.25, -0.2) is 4.79 Å². The van der Waals surface area contributed by atoms with Crippen LogP contribution in [0.3, 0.4) is 0 Å². The number of amides is 1. The second-order valence-electron chi connectivity index (χ2n) is 5.94. The van der Waals surface area contributed by atoms with Crippen LogP contribution in [0.5, 0.6) is 5.75 Å². The number of aryl methyl sites for hydroxylation is 1. The van der Waals surface area contributed by atoms with Gasteiger partial charge < -0.3 is 14.9 Å². The topological polar surface area (TPSA) is 82.4 Å². The number of hydrogen-bond acceptors (Lipinski definition) is 4. The molecule has 1 aliphatic rings. The minimum atomic E-state index is -0.990. The third-order valence-electron chi connectivity index (χ3n) is 3.97. The summed E-state index contributed by atoms with van der Waals surface area (Å²) in [6.07, 6.45) is -0.990. The normalized spacial score (nSPS) is 13.7. The standard InChI is InChI=1S/C19H20N2O4/c1-13-8-14(11-22)10-15(9-13)12-25-17-4-2-16(3-5-17)18-20-6-7-21(18)19(23)24/h2-5,8-10,22H,6-7,11-12H2,1H3,(H,23,24). The maximum absolute atomic E-state index is 11.2. The summed E-state index contributed by atoms with van der Waals surface area (Å²) >= 11 is 0. The van der Waals surface area contributed by atoms with Crippen molar-refractivity contribution in [3.05, 3.63) is 64.7 Å². The van der Waals surface area contributed by atoms with Crippen LogP contribution in [0.15, 0.2) is 47.5 Å². The van der Waals surface area contributed by atoms with Gasteiger partial charge in [0.15, 0.2) is 0 Å². The fraction of sp³-hybridized carbons (Fsp3) is 0.263. The molecule has 6 nitrogen and oxygen atoms in total. The molecule has 1 amide bonds. The van der Waals surface area contributed by atoms with Crippen molar-refractivity contribution in [3.8, 4) is 5.75 Å². The second-order valence-corrected chi connectivity index (χ2v) is 5.94. The van der Waals surface area contributed by atoms with Gasteiger partial charge in [-0.3, -0.25) is 9.89 Å². The molecule has 0 radical (unpaired) electrons. The Morgan fingerprint density at radius 3 is 2.60 bits per heavy atom. The highest BCUT2D eigenvalue weighted by atomic mass is 16.5. The van der Waals surface area contributed by atoms with Gasteiger partial charge in [-0.1, -0.05) is 23.8 Å². The summed E-state index contributed by atoms with van der Waals surface area (Å²) in [4.78, 5) is 16.7. The molecule has 3 rings (SSSR count). The van der Waals surface area contributed by atoms with Crippen molar-refractivity contribution in [3.63, 3.8) is 0 Å². The molecule has 1 heterocycles. The molecule has 130 valence electrons. The number of carbonyl (C=O) groups is 1. The predicted molar refractivity (Wildman–Crippen MR) is 94.0 cm³/mol. The van der Waals surface area contributed by atoms with Gasteiger partial charge in [-0.05, 0) is 42.3 Å². The van der Waals surface area contributed by atoms with Gasteiger partial charge in [-0.2, -0.15) is 0 Å². The summed E-state index contributed by atoms with van der Waals surface area (Å²) in [6.45, 7) is 3.26. The largest absolute Gasteiger partial charge is 0.489 e. The highest BCUT2D eigenvalue weighted by Gasteiger charge is 2.23. The third-order valence-corrected chi connectivity index (χ3v) is 3.97. The van der Waals surface area contributed by atoms with E-state index in [0.717, 1.165) is 22.3 Å². The zero-order valence-electron chi connectivity index (χ0n) is 14.0. The number of nitrogens with zero attached hydrogens (tertiary/aromatic N) is 2. The zero-order chi connectivity index (χ0) is 17.8. The Balaban J connectivity index is 1.67. The van der Waals surface area contributed by atoms with Crippen molar-refractivity contribution < 1.29 is 19.7 Å². The molecule has 0 atom stereocenters. The Labute approximate surface area is 146 Å². The van der Waals surface area contributed by atoms with E-state index in [1.54, 1.807) is 12.1 Å². The summed E-state index contributed by atoms with van der Waals surface area (Å²) in [5, 5.41) is 18.4. The maximum Gasteiger partial charge on any atom is 0.413 e. The molecular weight excluding hydrogens is 320 g/mol. The Kier molecular flexibility index (Phi) is 5.00. The molecule has 6 heteroatoms. The minimum absolute atomic E-state index is 0.00552. The molecule has 2 aromatic rings. The van der Waals surface area contributed by atoms with E-state index in [1.165, 1.54) is 4.90 Å². The van der Waals surface area contributed by atoms with Gasteiger partial charge in [-0.15, -0.1) is 0 Å². The van der Waals surface area contributed by atoms with Gasteiger partial charge in [0.2, 0.25) is 0 Å². The Morgan fingerprint density at radius 1 is 1.20 bits per heavy atom. The molecule has 0 unspecified atom stereocenters. The number of aliphatic imine (C=N–C) groups is 1. The lowest BCUT2D eigenvalue weighted by molar-refractivity contribution is 0.172. The average molecular weight is 340 g/mol. The number of aliphatic hydroxyl groups excluding tert-OH is 1. The Hall–Kier alpha value is -2.86. The highest BCUT2D eigenvalue weighted by Crippen LogP contribution is 2.18. The van der Waals surface area contributed by atoms with Crippen molar-refractivity contribution >= 4 is 11.9 Å². The lowest BCUT2D eigenvalue weighted by Crippen LogP contribution is -2.33. The third kappa shape index (κ3) is 3.97. The van der Waals surface area contributed by atoms with Crippen LogP contribution in [0, 0.1) is 6.92 Å². The van der Waals surface area contributed by atoms with Crippen LogP contribution in [0.4, 0.5) is 4.79 Å². The van der Waals surface area contributed by atoms with Gasteiger partial charge >= 0.3 is 6.09 Å². The number of rotatable bonds is 5. The van der Waals surface area contributed by atoms with E-state index < -0.39 is 6.09 Å². The van der Waals surface area contributed by atoms with Crippen LogP contribution in [-0.4, -0.2) is 40.1 Å². The number of hydrogen-bond donors (Lipinski definition) is 2. The maximum atomic E-state index is 11.2. The number of benzene rings is 2. The van der Waals surface area contributed by atoms with Crippen LogP contribution < -0.4 is 4.74 Å². The first-order valence-electron chi connectivity index (χ1n) is 8.05. The molecule has 2 N–H and O–H groups in total. The highest BCUT2D eigenvalue weighted by molar-refractivity contribution is 6.07. The van der Waals surface area contributed by atoms with Crippen molar-refractivity contribution in [1.82, 2.24) is 4.90 Å². The van der Waals surface area contributed by atoms with Gasteiger partial charge in [0.1, 0.15) is 18.2 Å². The molecule has 2 aromatic carbocycles. The van der Waals surface area contributed by atoms with Crippen molar-refractivity contribution in [2.75, 3.05) is 13.1 Å². The summed E-state index contributed by atoms with van der Waals surface area (Å²) in [7, 11) is 0. The number of ether oxygens (including phenoxy) is 1. The molecule has 1 aliphatic heterocycles. The monoisotopic (exact) mass is 340 g/mol. The SMILES string of the molecule is Cc1cc(CO)cc(COc2ccc(C3=NCCN3C(=O)O)cc2)c1. The van der Waals surface area contributed by atoms with Crippen LogP contribution in [0.2, 0.25) is 0 Å². The molecule has 0 aliphatic carbocycles. The summed E-state index contributed by atoms with van der Waals surface area (Å²) < 4.78 is 5.79. The van der Waals surface area contributed by atoms with Crippen LogP contribution in [0.1, 0.15) is 22.3 Å². The van der Waals surface area contributed by atoms with Gasteiger partial charge in [0.25, 0.3) is 0 Å². The van der Waals surface area contributed by atoms with E-state index in [2.05, 4.69) is 4.99 Å². The van der Waals surface area contributed by atoms with Crippen molar-refractivity contribution in [1.29, 1.82) is 0 Å². The zero-order valence-corrected chi connectivity index (χ0v) is 14.0. The summed E-state index contributed by atoms with van der Waals surface area (Å²) in [6, 6.07) is 13.1. The fourth-order valence-corrected chi connectivity index (χ4v) is 2.87. The van der Waals surface area contributed by atoms with E-state index in [-0.39, 0.29) is 6.61 Å². The first kappa shape index (κ1) is 17.0. The van der Waals surface area contributed by atoms with Crippen LogP contribution in [-0.2, 0) is 13.2 Å². The van der Waals surface area contributed by atoms with Gasteiger partial charge in [0, 0.05) is 5.56 Å². The average Bonchev–Trinajstić information content (AvgIpc) is 3.10. The van der Waals surface area contributed by atoms with E-state index in [0.29, 0.717) is 31.3 Å². The van der Waals surface area contributed by atoms with Crippen molar-refractivity contribution in [2.24, 2.45) is 4.99 Å². The van der Waals surface area contributed by atoms with Crippen LogP contribution in [0.25, 0.3) is 0 Å². The molecular formula is C19H20N2O4. The predicted octanol–water partition coefficient (Wildman–Crippen LogP) is 2.81. The first-order chi connectivity index (χ1) is 12.1. The van der Waals surface area contributed by atoms with E-state index in [9.17, 15) is 15.0 Å². The Bertz CT molecular complexity index is 800. The molecule has 0 bridgehead atoms. The number of carboxylic acid groups (broad SMARTS) is 1. The Morgan fingerprint density at radius 2 is 1.92 bits per heavy atom. The van der Waals surface area contributed by atoms with Gasteiger partial charge in [0.05, 0.1) is 19.7 Å². The molecule has 0 aromatic heterocycles. The van der Waals surface area contributed by atoms with Crippen LogP contribution >= 0.6 is 0 Å². The first-order valence-corrected chi connectivity index (χ1v) is 8.05. The van der Waals surface area contributed by atoms with E-state index in [4.69, 9.17) is 4.74 Å². The summed E-state index contributed by atoms with van der Waals surface area (Å²) in [5.41, 5.74) is 3.69. The quantitative estimate of drug-likeness (QED) is 0.877. The smallest absolute Gasteiger partial charge is 0.413 e. The van der Waals surface area contributed by atoms with E-state index in [1.807, 2.05) is 37.3 Å². The lowest BCUT2D eigenvalue weighted by atomic mass is 10.1. The number of aliphatic hydroxyl groups is 1. The second kappa shape index (κ2) is 7.36. The fourth-order valence-electron chi connectivity index (χ4n) is 2.87. The molecule has 0 spiro atoms. The molecule has 0 saturated carbocycles. The molecule has 0 fully saturated rings. The minimum Gasteiger partial charge on any atom is -0.489 e. The van der Waals surface area contributed by atoms with Crippen molar-refractivity contribution in [2.45, 2.75) is 20.1 Å². The molecule has 0 saturated heterocycles. The summed E-state index contributed by atoms with van der Waals surface area (Å²) in [5.74, 6) is 1.17. The molecule has 25 heavy (non-hydrogen) atoms. The van der Waals surface area contributed by atoms with E-state index >= 15 is 0 Å².